The van der Waals surface area contributed by atoms with Crippen molar-refractivity contribution in [1.82, 2.24) is 0 Å². The van der Waals surface area contributed by atoms with Crippen molar-refractivity contribution in [2.45, 2.75) is 129 Å². The van der Waals surface area contributed by atoms with Crippen LogP contribution < -0.4 is 0 Å². The number of nitrogens with zero attached hydrogens (tertiary/aromatic N) is 1. The van der Waals surface area contributed by atoms with E-state index in [0.717, 1.165) is 6.04 Å². The number of quaternary nitrogens is 1. The Labute approximate surface area is 177 Å². The zero-order chi connectivity index (χ0) is 21.1. The summed E-state index contributed by atoms with van der Waals surface area (Å²) in [4.78, 5) is 16.6. The summed E-state index contributed by atoms with van der Waals surface area (Å²) in [6.07, 6.45) is 22.5. The molecule has 0 aromatic carbocycles. The van der Waals surface area contributed by atoms with Gasteiger partial charge in [-0.3, -0.25) is 0 Å². The third kappa shape index (κ3) is 11.9. The van der Waals surface area contributed by atoms with Crippen molar-refractivity contribution in [1.29, 1.82) is 0 Å². The van der Waals surface area contributed by atoms with Crippen LogP contribution in [0.25, 0.3) is 0 Å². The van der Waals surface area contributed by atoms with E-state index in [1.165, 1.54) is 103 Å². The smallest absolute Gasteiger partial charge is 0.155 e. The maximum atomic E-state index is 5.54. The normalized spacial score (nSPS) is 12.6. The van der Waals surface area contributed by atoms with E-state index >= 15 is 0 Å². The summed E-state index contributed by atoms with van der Waals surface area (Å²) in [6, 6.07) is 1.15. The maximum Gasteiger partial charge on any atom is 0.389 e. The Balaban J connectivity index is 3.48. The van der Waals surface area contributed by atoms with Crippen molar-refractivity contribution in [3.8, 4) is 0 Å². The highest BCUT2D eigenvalue weighted by Crippen LogP contribution is 2.28. The van der Waals surface area contributed by atoms with Crippen LogP contribution in [0.2, 0.25) is 19.1 Å². The van der Waals surface area contributed by atoms with Gasteiger partial charge >= 0.3 is 8.24 Å². The first-order valence-electron chi connectivity index (χ1n) is 12.1. The highest BCUT2D eigenvalue weighted by Gasteiger charge is 2.53. The van der Waals surface area contributed by atoms with Gasteiger partial charge in [0.1, 0.15) is 21.3 Å². The Bertz CT molecular complexity index is 328. The lowest BCUT2D eigenvalue weighted by Crippen LogP contribution is -2.62. The summed E-state index contributed by atoms with van der Waals surface area (Å²) in [5.74, 6) is 0. The van der Waals surface area contributed by atoms with Crippen molar-refractivity contribution in [3.63, 3.8) is 0 Å². The molecule has 170 valence electrons. The quantitative estimate of drug-likeness (QED) is 0.107. The van der Waals surface area contributed by atoms with Crippen molar-refractivity contribution in [2.75, 3.05) is 21.3 Å². The molecule has 0 bridgehead atoms. The molecule has 28 heavy (non-hydrogen) atoms. The van der Waals surface area contributed by atoms with E-state index in [1.54, 1.807) is 21.3 Å². The van der Waals surface area contributed by atoms with Crippen LogP contribution in [0.4, 0.5) is 0 Å². The number of hydrogen-bond donors (Lipinski definition) is 0. The lowest BCUT2D eigenvalue weighted by Gasteiger charge is -2.36. The van der Waals surface area contributed by atoms with Crippen LogP contribution in [0.3, 0.4) is 0 Å². The first-order chi connectivity index (χ1) is 13.5. The zero-order valence-electron chi connectivity index (χ0n) is 20.2. The number of hydrogen-bond acceptors (Lipinski definition) is 3. The summed E-state index contributed by atoms with van der Waals surface area (Å²) < 4.78 is -0.0776. The van der Waals surface area contributed by atoms with E-state index in [0.29, 0.717) is 0 Å². The summed E-state index contributed by atoms with van der Waals surface area (Å²) in [5, 5.41) is 0. The van der Waals surface area contributed by atoms with E-state index in [-0.39, 0.29) is 4.64 Å². The van der Waals surface area contributed by atoms with Crippen LogP contribution in [0.15, 0.2) is 0 Å². The molecule has 0 fully saturated rings. The van der Waals surface area contributed by atoms with Gasteiger partial charge in [0.15, 0.2) is 0 Å². The predicted molar refractivity (Wildman–Crippen MR) is 123 cm³/mol. The average molecular weight is 419 g/mol. The Kier molecular flexibility index (Phi) is 17.9. The lowest BCUT2D eigenvalue weighted by molar-refractivity contribution is -1.30. The van der Waals surface area contributed by atoms with Crippen molar-refractivity contribution in [3.05, 3.63) is 0 Å². The van der Waals surface area contributed by atoms with Gasteiger partial charge in [0.05, 0.1) is 0 Å². The van der Waals surface area contributed by atoms with E-state index < -0.39 is 8.24 Å². The summed E-state index contributed by atoms with van der Waals surface area (Å²) in [5.41, 5.74) is 0. The Hall–Kier alpha value is 0.0569. The van der Waals surface area contributed by atoms with Crippen LogP contribution in [0.5, 0.6) is 0 Å². The molecule has 0 aliphatic carbocycles. The third-order valence-electron chi connectivity index (χ3n) is 6.10. The van der Waals surface area contributed by atoms with E-state index in [9.17, 15) is 0 Å². The highest BCUT2D eigenvalue weighted by atomic mass is 28.3. The van der Waals surface area contributed by atoms with E-state index in [1.807, 2.05) is 0 Å². The maximum absolute atomic E-state index is 5.54. The highest BCUT2D eigenvalue weighted by molar-refractivity contribution is 6.69. The fourth-order valence-corrected chi connectivity index (χ4v) is 7.08. The molecule has 0 aromatic heterocycles. The van der Waals surface area contributed by atoms with Crippen LogP contribution in [-0.2, 0) is 14.5 Å². The lowest BCUT2D eigenvalue weighted by atomic mass is 10.0. The molecule has 0 aromatic rings. The van der Waals surface area contributed by atoms with Gasteiger partial charge < -0.3 is 0 Å². The van der Waals surface area contributed by atoms with Gasteiger partial charge in [0.25, 0.3) is 0 Å². The fraction of sp³-hybridized carbons (Fsp3) is 1.00. The molecule has 0 aliphatic rings. The third-order valence-corrected chi connectivity index (χ3v) is 9.71. The first-order valence-corrected chi connectivity index (χ1v) is 15.2. The van der Waals surface area contributed by atoms with Gasteiger partial charge in [0.2, 0.25) is 0 Å². The molecular formula is C23H52NO3Si+. The van der Waals surface area contributed by atoms with Gasteiger partial charge in [-0.15, -0.1) is 0 Å². The van der Waals surface area contributed by atoms with E-state index in [4.69, 9.17) is 14.5 Å². The topological polar surface area (TPSA) is 27.7 Å². The minimum Gasteiger partial charge on any atom is -0.155 e. The van der Waals surface area contributed by atoms with Crippen molar-refractivity contribution >= 4 is 8.24 Å². The minimum absolute atomic E-state index is 0.0776. The molecule has 0 saturated carbocycles. The van der Waals surface area contributed by atoms with Crippen LogP contribution >= 0.6 is 0 Å². The molecular weight excluding hydrogens is 366 g/mol. The van der Waals surface area contributed by atoms with Gasteiger partial charge in [-0.2, -0.15) is 14.5 Å². The molecule has 0 radical (unpaired) electrons. The molecule has 0 N–H and O–H groups in total. The monoisotopic (exact) mass is 418 g/mol. The molecule has 0 saturated heterocycles. The second kappa shape index (κ2) is 17.9. The fourth-order valence-electron chi connectivity index (χ4n) is 4.21. The van der Waals surface area contributed by atoms with Gasteiger partial charge in [-0.1, -0.05) is 110 Å². The molecule has 0 unspecified atom stereocenters. The number of rotatable bonds is 21. The molecule has 0 rings (SSSR count). The van der Waals surface area contributed by atoms with Gasteiger partial charge in [-0.25, -0.2) is 0 Å². The van der Waals surface area contributed by atoms with Crippen molar-refractivity contribution in [2.24, 2.45) is 0 Å². The van der Waals surface area contributed by atoms with Crippen LogP contribution in [0, 0.1) is 0 Å². The molecule has 0 aliphatic heterocycles. The summed E-state index contributed by atoms with van der Waals surface area (Å²) >= 11 is 0. The van der Waals surface area contributed by atoms with Gasteiger partial charge in [0, 0.05) is 10.7 Å². The standard InChI is InChI=1S/C23H52NO3Si/c1-7-8-9-10-11-12-13-14-15-16-17-18-19-20-21-22-23-28(5,6)24(25-2,26-3)27-4/h7-23H2,1-6H3/q+1. The number of unbranched alkanes of at least 4 members (excludes halogenated alkanes) is 15. The molecule has 4 nitrogen and oxygen atoms in total. The van der Waals surface area contributed by atoms with E-state index in [2.05, 4.69) is 20.0 Å². The molecule has 0 spiro atoms. The second-order valence-corrected chi connectivity index (χ2v) is 13.6. The minimum atomic E-state index is -1.82. The van der Waals surface area contributed by atoms with Crippen LogP contribution in [-0.4, -0.2) is 34.2 Å². The molecule has 0 heterocycles. The SMILES string of the molecule is CCCCCCCCCCCCCCCCCC[Si](C)(C)[N+](OC)(OC)OC. The largest absolute Gasteiger partial charge is 0.389 e. The summed E-state index contributed by atoms with van der Waals surface area (Å²) in [6.45, 7) is 6.84. The van der Waals surface area contributed by atoms with Crippen LogP contribution in [0.1, 0.15) is 110 Å². The zero-order valence-corrected chi connectivity index (χ0v) is 21.2. The molecule has 0 atom stereocenters. The molecule has 0 amide bonds. The average Bonchev–Trinajstić information content (AvgIpc) is 2.69. The second-order valence-electron chi connectivity index (χ2n) is 8.91. The first kappa shape index (κ1) is 28.1. The Morgan fingerprint density at radius 1 is 0.500 bits per heavy atom. The summed E-state index contributed by atoms with van der Waals surface area (Å²) in [7, 11) is 3.17. The Morgan fingerprint density at radius 3 is 1.07 bits per heavy atom. The van der Waals surface area contributed by atoms with Crippen molar-refractivity contribution < 1.29 is 19.2 Å². The predicted octanol–water partition coefficient (Wildman–Crippen LogP) is 7.95. The molecule has 5 heteroatoms. The van der Waals surface area contributed by atoms with Gasteiger partial charge in [-0.05, 0) is 13.1 Å². The Morgan fingerprint density at radius 2 is 0.786 bits per heavy atom.